The molecule has 1 heterocycles. The lowest BCUT2D eigenvalue weighted by atomic mass is 10.1. The van der Waals surface area contributed by atoms with Crippen molar-refractivity contribution in [1.29, 1.82) is 0 Å². The zero-order chi connectivity index (χ0) is 14.4. The van der Waals surface area contributed by atoms with Crippen LogP contribution in [0.5, 0.6) is 0 Å². The molecule has 0 radical (unpaired) electrons. The van der Waals surface area contributed by atoms with Crippen LogP contribution >= 0.6 is 0 Å². The number of amides is 1. The fraction of sp³-hybridized carbons (Fsp3) is 0.533. The average molecular weight is 277 g/mol. The van der Waals surface area contributed by atoms with E-state index in [2.05, 4.69) is 4.90 Å². The molecule has 0 unspecified atom stereocenters. The summed E-state index contributed by atoms with van der Waals surface area (Å²) in [5.74, 6) is 0.0348. The number of anilines is 1. The maximum absolute atomic E-state index is 12.4. The van der Waals surface area contributed by atoms with E-state index in [4.69, 9.17) is 10.5 Å². The van der Waals surface area contributed by atoms with Gasteiger partial charge in [0.15, 0.2) is 0 Å². The molecule has 1 aliphatic rings. The molecule has 0 spiro atoms. The Labute approximate surface area is 120 Å². The summed E-state index contributed by atoms with van der Waals surface area (Å²) in [6.07, 6.45) is 0. The standard InChI is InChI=1S/C15H23N3O2/c1-2-20-12-11-17-7-9-18(10-8-17)15(19)13-5-3-4-6-14(13)16/h3-6H,2,7-12,16H2,1H3. The number of piperazine rings is 1. The summed E-state index contributed by atoms with van der Waals surface area (Å²) < 4.78 is 5.36. The third-order valence-electron chi connectivity index (χ3n) is 3.61. The summed E-state index contributed by atoms with van der Waals surface area (Å²) in [5.41, 5.74) is 7.02. The minimum absolute atomic E-state index is 0.0348. The van der Waals surface area contributed by atoms with E-state index in [-0.39, 0.29) is 5.91 Å². The molecule has 110 valence electrons. The number of para-hydroxylation sites is 1. The van der Waals surface area contributed by atoms with Crippen LogP contribution in [-0.4, -0.2) is 61.6 Å². The van der Waals surface area contributed by atoms with E-state index < -0.39 is 0 Å². The van der Waals surface area contributed by atoms with Crippen molar-refractivity contribution in [3.63, 3.8) is 0 Å². The number of nitrogens with zero attached hydrogens (tertiary/aromatic N) is 2. The van der Waals surface area contributed by atoms with Crippen molar-refractivity contribution < 1.29 is 9.53 Å². The van der Waals surface area contributed by atoms with Gasteiger partial charge in [0.05, 0.1) is 12.2 Å². The predicted molar refractivity (Wildman–Crippen MR) is 79.7 cm³/mol. The number of nitrogen functional groups attached to an aromatic ring is 1. The highest BCUT2D eigenvalue weighted by Crippen LogP contribution is 2.14. The number of rotatable bonds is 5. The van der Waals surface area contributed by atoms with Gasteiger partial charge in [-0.3, -0.25) is 9.69 Å². The Morgan fingerprint density at radius 3 is 2.60 bits per heavy atom. The number of carbonyl (C=O) groups excluding carboxylic acids is 1. The number of hydrogen-bond acceptors (Lipinski definition) is 4. The quantitative estimate of drug-likeness (QED) is 0.646. The van der Waals surface area contributed by atoms with Crippen molar-refractivity contribution in [3.05, 3.63) is 29.8 Å². The minimum atomic E-state index is 0.0348. The zero-order valence-electron chi connectivity index (χ0n) is 12.0. The van der Waals surface area contributed by atoms with Gasteiger partial charge in [-0.1, -0.05) is 12.1 Å². The van der Waals surface area contributed by atoms with Gasteiger partial charge in [-0.15, -0.1) is 0 Å². The van der Waals surface area contributed by atoms with Gasteiger partial charge in [0, 0.05) is 45.0 Å². The molecule has 20 heavy (non-hydrogen) atoms. The normalized spacial score (nSPS) is 16.4. The number of carbonyl (C=O) groups is 1. The third kappa shape index (κ3) is 3.71. The van der Waals surface area contributed by atoms with E-state index >= 15 is 0 Å². The van der Waals surface area contributed by atoms with Crippen LogP contribution in [0.15, 0.2) is 24.3 Å². The van der Waals surface area contributed by atoms with Gasteiger partial charge in [0.2, 0.25) is 0 Å². The molecule has 1 saturated heterocycles. The molecule has 0 aromatic heterocycles. The Morgan fingerprint density at radius 1 is 1.25 bits per heavy atom. The van der Waals surface area contributed by atoms with Gasteiger partial charge in [0.1, 0.15) is 0 Å². The maximum Gasteiger partial charge on any atom is 0.256 e. The molecule has 1 aliphatic heterocycles. The van der Waals surface area contributed by atoms with Crippen molar-refractivity contribution in [3.8, 4) is 0 Å². The van der Waals surface area contributed by atoms with Crippen molar-refractivity contribution in [2.45, 2.75) is 6.92 Å². The number of ether oxygens (including phenoxy) is 1. The van der Waals surface area contributed by atoms with Crippen LogP contribution in [0.25, 0.3) is 0 Å². The van der Waals surface area contributed by atoms with Gasteiger partial charge >= 0.3 is 0 Å². The molecule has 5 nitrogen and oxygen atoms in total. The van der Waals surface area contributed by atoms with Crippen molar-refractivity contribution in [2.24, 2.45) is 0 Å². The first kappa shape index (κ1) is 14.8. The molecule has 1 fully saturated rings. The second-order valence-electron chi connectivity index (χ2n) is 4.92. The first-order valence-electron chi connectivity index (χ1n) is 7.16. The summed E-state index contributed by atoms with van der Waals surface area (Å²) in [5, 5.41) is 0. The number of benzene rings is 1. The average Bonchev–Trinajstić information content (AvgIpc) is 2.48. The van der Waals surface area contributed by atoms with Gasteiger partial charge in [-0.25, -0.2) is 0 Å². The molecule has 0 atom stereocenters. The molecule has 1 aromatic carbocycles. The summed E-state index contributed by atoms with van der Waals surface area (Å²) in [6, 6.07) is 7.25. The van der Waals surface area contributed by atoms with E-state index in [1.807, 2.05) is 24.0 Å². The zero-order valence-corrected chi connectivity index (χ0v) is 12.0. The van der Waals surface area contributed by atoms with E-state index in [1.54, 1.807) is 12.1 Å². The smallest absolute Gasteiger partial charge is 0.256 e. The second-order valence-corrected chi connectivity index (χ2v) is 4.92. The van der Waals surface area contributed by atoms with Crippen molar-refractivity contribution in [1.82, 2.24) is 9.80 Å². The first-order valence-corrected chi connectivity index (χ1v) is 7.16. The van der Waals surface area contributed by atoms with Crippen LogP contribution in [0.4, 0.5) is 5.69 Å². The van der Waals surface area contributed by atoms with Gasteiger partial charge in [-0.2, -0.15) is 0 Å². The minimum Gasteiger partial charge on any atom is -0.398 e. The van der Waals surface area contributed by atoms with E-state index in [1.165, 1.54) is 0 Å². The topological polar surface area (TPSA) is 58.8 Å². The Morgan fingerprint density at radius 2 is 1.95 bits per heavy atom. The Balaban J connectivity index is 1.85. The van der Waals surface area contributed by atoms with Gasteiger partial charge in [-0.05, 0) is 19.1 Å². The van der Waals surface area contributed by atoms with E-state index in [0.29, 0.717) is 11.3 Å². The Bertz CT molecular complexity index is 442. The van der Waals surface area contributed by atoms with Crippen LogP contribution < -0.4 is 5.73 Å². The lowest BCUT2D eigenvalue weighted by Gasteiger charge is -2.34. The maximum atomic E-state index is 12.4. The molecule has 0 saturated carbocycles. The number of nitrogens with two attached hydrogens (primary N) is 1. The van der Waals surface area contributed by atoms with Gasteiger partial charge < -0.3 is 15.4 Å². The highest BCUT2D eigenvalue weighted by atomic mass is 16.5. The fourth-order valence-electron chi connectivity index (χ4n) is 2.37. The summed E-state index contributed by atoms with van der Waals surface area (Å²) in [7, 11) is 0. The fourth-order valence-corrected chi connectivity index (χ4v) is 2.37. The lowest BCUT2D eigenvalue weighted by molar-refractivity contribution is 0.0566. The van der Waals surface area contributed by atoms with E-state index in [0.717, 1.165) is 45.9 Å². The molecule has 0 aliphatic carbocycles. The highest BCUT2D eigenvalue weighted by Gasteiger charge is 2.22. The molecular weight excluding hydrogens is 254 g/mol. The van der Waals surface area contributed by atoms with Crippen molar-refractivity contribution in [2.75, 3.05) is 51.7 Å². The number of hydrogen-bond donors (Lipinski definition) is 1. The van der Waals surface area contributed by atoms with Crippen LogP contribution in [0, 0.1) is 0 Å². The van der Waals surface area contributed by atoms with Crippen LogP contribution in [-0.2, 0) is 4.74 Å². The first-order chi connectivity index (χ1) is 9.72. The summed E-state index contributed by atoms with van der Waals surface area (Å²) in [4.78, 5) is 16.6. The molecule has 2 N–H and O–H groups in total. The summed E-state index contributed by atoms with van der Waals surface area (Å²) >= 11 is 0. The third-order valence-corrected chi connectivity index (χ3v) is 3.61. The molecule has 1 amide bonds. The largest absolute Gasteiger partial charge is 0.398 e. The van der Waals surface area contributed by atoms with Gasteiger partial charge in [0.25, 0.3) is 5.91 Å². The van der Waals surface area contributed by atoms with Crippen LogP contribution in [0.2, 0.25) is 0 Å². The molecule has 0 bridgehead atoms. The van der Waals surface area contributed by atoms with Crippen LogP contribution in [0.3, 0.4) is 0 Å². The van der Waals surface area contributed by atoms with Crippen molar-refractivity contribution >= 4 is 11.6 Å². The monoisotopic (exact) mass is 277 g/mol. The molecular formula is C15H23N3O2. The molecule has 5 heteroatoms. The van der Waals surface area contributed by atoms with E-state index in [9.17, 15) is 4.79 Å². The predicted octanol–water partition coefficient (Wildman–Crippen LogP) is 1.06. The Kier molecular flexibility index (Phi) is 5.38. The lowest BCUT2D eigenvalue weighted by Crippen LogP contribution is -2.49. The highest BCUT2D eigenvalue weighted by molar-refractivity contribution is 5.99. The Hall–Kier alpha value is -1.59. The SMILES string of the molecule is CCOCCN1CCN(C(=O)c2ccccc2N)CC1. The summed E-state index contributed by atoms with van der Waals surface area (Å²) in [6.45, 7) is 7.74. The second kappa shape index (κ2) is 7.26. The molecule has 1 aromatic rings. The molecule has 2 rings (SSSR count). The van der Waals surface area contributed by atoms with Crippen LogP contribution in [0.1, 0.15) is 17.3 Å².